The second kappa shape index (κ2) is 7.88. The summed E-state index contributed by atoms with van der Waals surface area (Å²) in [5, 5.41) is 6.24. The first-order valence-electron chi connectivity index (χ1n) is 6.74. The van der Waals surface area contributed by atoms with Crippen molar-refractivity contribution < 1.29 is 4.79 Å². The third kappa shape index (κ3) is 4.88. The first kappa shape index (κ1) is 14.7. The molecule has 0 aliphatic carbocycles. The monoisotopic (exact) mass is 248 g/mol. The van der Waals surface area contributed by atoms with Crippen molar-refractivity contribution in [2.45, 2.75) is 39.7 Å². The zero-order valence-electron chi connectivity index (χ0n) is 11.6. The summed E-state index contributed by atoms with van der Waals surface area (Å²) in [6.07, 6.45) is 1.45. The fourth-order valence-electron chi connectivity index (χ4n) is 1.87. The van der Waals surface area contributed by atoms with E-state index in [0.717, 1.165) is 19.5 Å². The fraction of sp³-hybridized carbons (Fsp3) is 0.533. The van der Waals surface area contributed by atoms with E-state index >= 15 is 0 Å². The van der Waals surface area contributed by atoms with Gasteiger partial charge >= 0.3 is 0 Å². The summed E-state index contributed by atoms with van der Waals surface area (Å²) in [6, 6.07) is 8.48. The molecule has 18 heavy (non-hydrogen) atoms. The van der Waals surface area contributed by atoms with Gasteiger partial charge in [-0.2, -0.15) is 0 Å². The number of nitrogens with one attached hydrogen (secondary N) is 2. The van der Waals surface area contributed by atoms with Crippen LogP contribution in [-0.4, -0.2) is 19.0 Å². The molecule has 100 valence electrons. The lowest BCUT2D eigenvalue weighted by atomic mass is 10.0. The van der Waals surface area contributed by atoms with E-state index in [9.17, 15) is 4.79 Å². The van der Waals surface area contributed by atoms with E-state index < -0.39 is 0 Å². The van der Waals surface area contributed by atoms with E-state index in [1.165, 1.54) is 11.1 Å². The molecule has 0 aliphatic heterocycles. The van der Waals surface area contributed by atoms with Crippen molar-refractivity contribution in [3.8, 4) is 0 Å². The van der Waals surface area contributed by atoms with Gasteiger partial charge in [-0.15, -0.1) is 0 Å². The molecule has 0 bridgehead atoms. The van der Waals surface area contributed by atoms with E-state index in [1.54, 1.807) is 0 Å². The molecule has 3 heteroatoms. The molecule has 0 aliphatic rings. The van der Waals surface area contributed by atoms with Gasteiger partial charge < -0.3 is 10.6 Å². The molecule has 0 saturated heterocycles. The minimum atomic E-state index is 0.114. The molecular weight excluding hydrogens is 224 g/mol. The van der Waals surface area contributed by atoms with Crippen LogP contribution in [0.25, 0.3) is 0 Å². The molecule has 1 atom stereocenters. The largest absolute Gasteiger partial charge is 0.349 e. The van der Waals surface area contributed by atoms with Gasteiger partial charge in [-0.05, 0) is 25.5 Å². The fourth-order valence-corrected chi connectivity index (χ4v) is 1.87. The summed E-state index contributed by atoms with van der Waals surface area (Å²) < 4.78 is 0. The van der Waals surface area contributed by atoms with E-state index in [4.69, 9.17) is 0 Å². The molecular formula is C15H24N2O. The van der Waals surface area contributed by atoms with Crippen molar-refractivity contribution >= 4 is 5.91 Å². The predicted octanol–water partition coefficient (Wildman–Crippen LogP) is 2.56. The summed E-state index contributed by atoms with van der Waals surface area (Å²) in [6.45, 7) is 7.85. The van der Waals surface area contributed by atoms with Crippen LogP contribution < -0.4 is 10.6 Å². The predicted molar refractivity (Wildman–Crippen MR) is 75.5 cm³/mol. The highest BCUT2D eigenvalue weighted by molar-refractivity contribution is 5.76. The summed E-state index contributed by atoms with van der Waals surface area (Å²) in [5.41, 5.74) is 2.42. The molecule has 0 aromatic heterocycles. The third-order valence-electron chi connectivity index (χ3n) is 3.00. The van der Waals surface area contributed by atoms with Gasteiger partial charge in [0.05, 0.1) is 6.04 Å². The van der Waals surface area contributed by atoms with Crippen LogP contribution in [0.15, 0.2) is 24.3 Å². The first-order valence-corrected chi connectivity index (χ1v) is 6.74. The molecule has 1 amide bonds. The van der Waals surface area contributed by atoms with Crippen LogP contribution in [0.5, 0.6) is 0 Å². The Morgan fingerprint density at radius 3 is 2.44 bits per heavy atom. The van der Waals surface area contributed by atoms with Gasteiger partial charge in [0.2, 0.25) is 5.91 Å². The van der Waals surface area contributed by atoms with E-state index in [1.807, 2.05) is 6.92 Å². The average molecular weight is 248 g/mol. The molecule has 1 aromatic rings. The van der Waals surface area contributed by atoms with E-state index in [2.05, 4.69) is 48.7 Å². The van der Waals surface area contributed by atoms with Crippen molar-refractivity contribution in [2.75, 3.05) is 13.1 Å². The van der Waals surface area contributed by atoms with Crippen molar-refractivity contribution in [1.29, 1.82) is 0 Å². The van der Waals surface area contributed by atoms with Crippen LogP contribution in [0.1, 0.15) is 43.9 Å². The second-order valence-electron chi connectivity index (χ2n) is 4.54. The molecule has 0 heterocycles. The lowest BCUT2D eigenvalue weighted by Crippen LogP contribution is -2.30. The van der Waals surface area contributed by atoms with Gasteiger partial charge in [0, 0.05) is 13.0 Å². The number of aryl methyl sites for hydroxylation is 1. The van der Waals surface area contributed by atoms with Gasteiger partial charge in [0.1, 0.15) is 0 Å². The number of hydrogen-bond donors (Lipinski definition) is 2. The van der Waals surface area contributed by atoms with Gasteiger partial charge in [-0.1, -0.05) is 43.7 Å². The molecule has 1 rings (SSSR count). The number of carbonyl (C=O) groups is 1. The standard InChI is InChI=1S/C15H24N2O/c1-4-14(13-8-6-12(3)7-9-13)17-15(18)10-11-16-5-2/h6-9,14,16H,4-5,10-11H2,1-3H3,(H,17,18). The molecule has 1 unspecified atom stereocenters. The number of carbonyl (C=O) groups excluding carboxylic acids is 1. The van der Waals surface area contributed by atoms with Crippen LogP contribution in [0, 0.1) is 6.92 Å². The zero-order chi connectivity index (χ0) is 13.4. The Balaban J connectivity index is 2.51. The minimum Gasteiger partial charge on any atom is -0.349 e. The van der Waals surface area contributed by atoms with Crippen LogP contribution in [-0.2, 0) is 4.79 Å². The molecule has 0 radical (unpaired) electrons. The maximum atomic E-state index is 11.8. The van der Waals surface area contributed by atoms with Gasteiger partial charge in [-0.3, -0.25) is 4.79 Å². The van der Waals surface area contributed by atoms with Crippen molar-refractivity contribution in [1.82, 2.24) is 10.6 Å². The SMILES string of the molecule is CCNCCC(=O)NC(CC)c1ccc(C)cc1. The molecule has 3 nitrogen and oxygen atoms in total. The molecule has 0 fully saturated rings. The van der Waals surface area contributed by atoms with Crippen LogP contribution in [0.2, 0.25) is 0 Å². The van der Waals surface area contributed by atoms with E-state index in [0.29, 0.717) is 6.42 Å². The Morgan fingerprint density at radius 1 is 1.22 bits per heavy atom. The zero-order valence-corrected chi connectivity index (χ0v) is 11.6. The highest BCUT2D eigenvalue weighted by Gasteiger charge is 2.11. The third-order valence-corrected chi connectivity index (χ3v) is 3.00. The average Bonchev–Trinajstić information content (AvgIpc) is 2.37. The smallest absolute Gasteiger partial charge is 0.221 e. The maximum Gasteiger partial charge on any atom is 0.221 e. The molecule has 0 spiro atoms. The first-order chi connectivity index (χ1) is 8.67. The summed E-state index contributed by atoms with van der Waals surface area (Å²) in [5.74, 6) is 0.114. The Hall–Kier alpha value is -1.35. The minimum absolute atomic E-state index is 0.114. The van der Waals surface area contributed by atoms with Crippen molar-refractivity contribution in [2.24, 2.45) is 0 Å². The molecule has 0 saturated carbocycles. The number of benzene rings is 1. The summed E-state index contributed by atoms with van der Waals surface area (Å²) in [4.78, 5) is 11.8. The summed E-state index contributed by atoms with van der Waals surface area (Å²) >= 11 is 0. The Kier molecular flexibility index (Phi) is 6.44. The van der Waals surface area contributed by atoms with Crippen LogP contribution in [0.3, 0.4) is 0 Å². The number of rotatable bonds is 7. The van der Waals surface area contributed by atoms with Crippen LogP contribution in [0.4, 0.5) is 0 Å². The quantitative estimate of drug-likeness (QED) is 0.728. The lowest BCUT2D eigenvalue weighted by Gasteiger charge is -2.17. The van der Waals surface area contributed by atoms with E-state index in [-0.39, 0.29) is 11.9 Å². The topological polar surface area (TPSA) is 41.1 Å². The number of hydrogen-bond acceptors (Lipinski definition) is 2. The van der Waals surface area contributed by atoms with Crippen LogP contribution >= 0.6 is 0 Å². The van der Waals surface area contributed by atoms with Gasteiger partial charge in [-0.25, -0.2) is 0 Å². The molecule has 1 aromatic carbocycles. The highest BCUT2D eigenvalue weighted by atomic mass is 16.1. The Labute approximate surface area is 110 Å². The van der Waals surface area contributed by atoms with Crippen molar-refractivity contribution in [3.05, 3.63) is 35.4 Å². The van der Waals surface area contributed by atoms with Gasteiger partial charge in [0.15, 0.2) is 0 Å². The number of amides is 1. The summed E-state index contributed by atoms with van der Waals surface area (Å²) in [7, 11) is 0. The Bertz CT molecular complexity index is 359. The van der Waals surface area contributed by atoms with Gasteiger partial charge in [0.25, 0.3) is 0 Å². The normalized spacial score (nSPS) is 12.2. The molecule has 2 N–H and O–H groups in total. The second-order valence-corrected chi connectivity index (χ2v) is 4.54. The maximum absolute atomic E-state index is 11.8. The lowest BCUT2D eigenvalue weighted by molar-refractivity contribution is -0.121. The highest BCUT2D eigenvalue weighted by Crippen LogP contribution is 2.17. The Morgan fingerprint density at radius 2 is 1.89 bits per heavy atom. The van der Waals surface area contributed by atoms with Crippen molar-refractivity contribution in [3.63, 3.8) is 0 Å².